The standard InChI is InChI=1S/C16H20F3NO/c1-20-10-3-2-4-11(20)8-16(21,7-10)9-12-13(17)5-6-14(18)15(12)19/h5-6,10-11,21H,2-4,7-9H2,1H3. The molecule has 1 aromatic rings. The highest BCUT2D eigenvalue weighted by atomic mass is 19.2. The third-order valence-corrected chi connectivity index (χ3v) is 5.10. The number of hydrogen-bond donors (Lipinski definition) is 1. The molecule has 0 spiro atoms. The Morgan fingerprint density at radius 3 is 2.33 bits per heavy atom. The third kappa shape index (κ3) is 2.69. The van der Waals surface area contributed by atoms with E-state index < -0.39 is 23.1 Å². The van der Waals surface area contributed by atoms with Crippen LogP contribution >= 0.6 is 0 Å². The summed E-state index contributed by atoms with van der Waals surface area (Å²) in [7, 11) is 2.04. The van der Waals surface area contributed by atoms with Crippen LogP contribution in [0.2, 0.25) is 0 Å². The highest BCUT2D eigenvalue weighted by molar-refractivity contribution is 5.23. The summed E-state index contributed by atoms with van der Waals surface area (Å²) in [5.74, 6) is -3.03. The first-order chi connectivity index (χ1) is 9.89. The predicted octanol–water partition coefficient (Wildman–Crippen LogP) is 3.02. The molecule has 1 aromatic carbocycles. The van der Waals surface area contributed by atoms with Crippen molar-refractivity contribution in [2.75, 3.05) is 7.05 Å². The molecule has 0 aromatic heterocycles. The Bertz CT molecular complexity index is 535. The summed E-state index contributed by atoms with van der Waals surface area (Å²) >= 11 is 0. The minimum atomic E-state index is -1.17. The van der Waals surface area contributed by atoms with Crippen LogP contribution in [-0.4, -0.2) is 34.7 Å². The van der Waals surface area contributed by atoms with E-state index in [2.05, 4.69) is 4.90 Å². The molecule has 2 fully saturated rings. The van der Waals surface area contributed by atoms with Crippen LogP contribution in [0.3, 0.4) is 0 Å². The van der Waals surface area contributed by atoms with E-state index in [0.29, 0.717) is 12.8 Å². The average Bonchev–Trinajstić information content (AvgIpc) is 2.42. The minimum absolute atomic E-state index is 0.163. The number of halogens is 3. The van der Waals surface area contributed by atoms with E-state index in [1.165, 1.54) is 0 Å². The highest BCUT2D eigenvalue weighted by Gasteiger charge is 2.44. The number of rotatable bonds is 2. The van der Waals surface area contributed by atoms with E-state index in [-0.39, 0.29) is 24.1 Å². The van der Waals surface area contributed by atoms with E-state index in [0.717, 1.165) is 31.4 Å². The van der Waals surface area contributed by atoms with Crippen LogP contribution < -0.4 is 0 Å². The van der Waals surface area contributed by atoms with Gasteiger partial charge in [0.25, 0.3) is 0 Å². The maximum Gasteiger partial charge on any atom is 0.165 e. The SMILES string of the molecule is CN1C2CCCC1CC(O)(Cc1c(F)ccc(F)c1F)C2. The summed E-state index contributed by atoms with van der Waals surface area (Å²) in [5.41, 5.74) is -1.49. The van der Waals surface area contributed by atoms with Crippen LogP contribution in [0.1, 0.15) is 37.7 Å². The molecule has 2 aliphatic heterocycles. The molecule has 2 heterocycles. The lowest BCUT2D eigenvalue weighted by Gasteiger charge is -2.50. The van der Waals surface area contributed by atoms with Gasteiger partial charge in [-0.2, -0.15) is 0 Å². The van der Waals surface area contributed by atoms with Crippen LogP contribution in [0.15, 0.2) is 12.1 Å². The summed E-state index contributed by atoms with van der Waals surface area (Å²) in [5, 5.41) is 10.8. The molecule has 21 heavy (non-hydrogen) atoms. The first-order valence-electron chi connectivity index (χ1n) is 7.46. The maximum absolute atomic E-state index is 13.8. The molecule has 3 rings (SSSR count). The van der Waals surface area contributed by atoms with E-state index in [1.54, 1.807) is 0 Å². The normalized spacial score (nSPS) is 33.2. The zero-order valence-corrected chi connectivity index (χ0v) is 12.1. The van der Waals surface area contributed by atoms with Gasteiger partial charge < -0.3 is 10.0 Å². The summed E-state index contributed by atoms with van der Waals surface area (Å²) in [4.78, 5) is 2.26. The second kappa shape index (κ2) is 5.29. The molecule has 0 saturated carbocycles. The molecule has 0 aliphatic carbocycles. The quantitative estimate of drug-likeness (QED) is 0.849. The van der Waals surface area contributed by atoms with Gasteiger partial charge in [-0.3, -0.25) is 0 Å². The number of benzene rings is 1. The van der Waals surface area contributed by atoms with E-state index in [1.807, 2.05) is 7.05 Å². The number of aliphatic hydroxyl groups is 1. The van der Waals surface area contributed by atoms with Crippen molar-refractivity contribution >= 4 is 0 Å². The number of hydrogen-bond acceptors (Lipinski definition) is 2. The monoisotopic (exact) mass is 299 g/mol. The summed E-state index contributed by atoms with van der Waals surface area (Å²) < 4.78 is 40.9. The molecule has 2 unspecified atom stereocenters. The van der Waals surface area contributed by atoms with Crippen LogP contribution in [0.4, 0.5) is 13.2 Å². The third-order valence-electron chi connectivity index (χ3n) is 5.10. The van der Waals surface area contributed by atoms with E-state index in [9.17, 15) is 18.3 Å². The van der Waals surface area contributed by atoms with Crippen molar-refractivity contribution in [2.24, 2.45) is 0 Å². The smallest absolute Gasteiger partial charge is 0.165 e. The lowest BCUT2D eigenvalue weighted by atomic mass is 9.73. The molecule has 2 atom stereocenters. The van der Waals surface area contributed by atoms with Gasteiger partial charge in [0.1, 0.15) is 5.82 Å². The molecule has 2 saturated heterocycles. The first kappa shape index (κ1) is 14.9. The second-order valence-corrected chi connectivity index (χ2v) is 6.54. The molecular weight excluding hydrogens is 279 g/mol. The zero-order valence-electron chi connectivity index (χ0n) is 12.1. The predicted molar refractivity (Wildman–Crippen MR) is 73.4 cm³/mol. The summed E-state index contributed by atoms with van der Waals surface area (Å²) in [6, 6.07) is 2.18. The molecule has 2 aliphatic rings. The van der Waals surface area contributed by atoms with Gasteiger partial charge in [-0.1, -0.05) is 6.42 Å². The molecule has 116 valence electrons. The average molecular weight is 299 g/mol. The van der Waals surface area contributed by atoms with E-state index >= 15 is 0 Å². The van der Waals surface area contributed by atoms with Crippen LogP contribution in [0.25, 0.3) is 0 Å². The van der Waals surface area contributed by atoms with Crippen LogP contribution in [0.5, 0.6) is 0 Å². The van der Waals surface area contributed by atoms with Gasteiger partial charge in [0.2, 0.25) is 0 Å². The van der Waals surface area contributed by atoms with Gasteiger partial charge in [0.05, 0.1) is 5.60 Å². The van der Waals surface area contributed by atoms with Crippen molar-refractivity contribution in [3.63, 3.8) is 0 Å². The van der Waals surface area contributed by atoms with Crippen LogP contribution in [-0.2, 0) is 6.42 Å². The molecule has 2 bridgehead atoms. The van der Waals surface area contributed by atoms with Gasteiger partial charge in [0.15, 0.2) is 11.6 Å². The Morgan fingerprint density at radius 1 is 1.14 bits per heavy atom. The zero-order chi connectivity index (χ0) is 15.2. The number of nitrogens with zero attached hydrogens (tertiary/aromatic N) is 1. The van der Waals surface area contributed by atoms with Crippen molar-refractivity contribution in [1.82, 2.24) is 4.90 Å². The highest BCUT2D eigenvalue weighted by Crippen LogP contribution is 2.40. The van der Waals surface area contributed by atoms with Gasteiger partial charge in [-0.05, 0) is 44.9 Å². The Labute approximate surface area is 122 Å². The summed E-state index contributed by atoms with van der Waals surface area (Å²) in [6.07, 6.45) is 3.90. The first-order valence-corrected chi connectivity index (χ1v) is 7.46. The number of piperidine rings is 2. The topological polar surface area (TPSA) is 23.5 Å². The van der Waals surface area contributed by atoms with Gasteiger partial charge in [-0.25, -0.2) is 13.2 Å². The van der Waals surface area contributed by atoms with Gasteiger partial charge >= 0.3 is 0 Å². The lowest BCUT2D eigenvalue weighted by molar-refractivity contribution is -0.0827. The molecular formula is C16H20F3NO. The molecule has 0 radical (unpaired) electrons. The Kier molecular flexibility index (Phi) is 3.74. The Morgan fingerprint density at radius 2 is 1.71 bits per heavy atom. The fourth-order valence-corrected chi connectivity index (χ4v) is 3.95. The molecule has 0 amide bonds. The van der Waals surface area contributed by atoms with Crippen molar-refractivity contribution in [1.29, 1.82) is 0 Å². The maximum atomic E-state index is 13.8. The van der Waals surface area contributed by atoms with Crippen molar-refractivity contribution in [3.8, 4) is 0 Å². The minimum Gasteiger partial charge on any atom is -0.389 e. The second-order valence-electron chi connectivity index (χ2n) is 6.54. The fraction of sp³-hybridized carbons (Fsp3) is 0.625. The van der Waals surface area contributed by atoms with E-state index in [4.69, 9.17) is 0 Å². The molecule has 1 N–H and O–H groups in total. The Hall–Kier alpha value is -1.07. The van der Waals surface area contributed by atoms with Crippen LogP contribution in [0, 0.1) is 17.5 Å². The molecule has 5 heteroatoms. The van der Waals surface area contributed by atoms with Crippen molar-refractivity contribution in [2.45, 2.75) is 56.2 Å². The van der Waals surface area contributed by atoms with Crippen molar-refractivity contribution in [3.05, 3.63) is 35.1 Å². The fourth-order valence-electron chi connectivity index (χ4n) is 3.95. The number of fused-ring (bicyclic) bond motifs is 2. The van der Waals surface area contributed by atoms with Gasteiger partial charge in [-0.15, -0.1) is 0 Å². The van der Waals surface area contributed by atoms with Crippen molar-refractivity contribution < 1.29 is 18.3 Å². The molecule has 2 nitrogen and oxygen atoms in total. The Balaban J connectivity index is 1.86. The largest absolute Gasteiger partial charge is 0.389 e. The summed E-state index contributed by atoms with van der Waals surface area (Å²) in [6.45, 7) is 0. The van der Waals surface area contributed by atoms with Gasteiger partial charge in [0, 0.05) is 24.1 Å². The lowest BCUT2D eigenvalue weighted by Crippen LogP contribution is -2.57.